The molecule has 1 aliphatic heterocycles. The summed E-state index contributed by atoms with van der Waals surface area (Å²) in [6, 6.07) is 0. The summed E-state index contributed by atoms with van der Waals surface area (Å²) in [4.78, 5) is 9.36. The highest BCUT2D eigenvalue weighted by atomic mass is 127. The Morgan fingerprint density at radius 3 is 2.25 bits per heavy atom. The summed E-state index contributed by atoms with van der Waals surface area (Å²) in [6.07, 6.45) is 2.40. The van der Waals surface area contributed by atoms with Gasteiger partial charge in [0.15, 0.2) is 5.96 Å². The Balaban J connectivity index is 0.00000529. The molecule has 0 aromatic rings. The van der Waals surface area contributed by atoms with Gasteiger partial charge in [0.25, 0.3) is 0 Å². The number of rotatable bonds is 9. The first-order chi connectivity index (χ1) is 11.0. The van der Waals surface area contributed by atoms with Gasteiger partial charge in [0.2, 0.25) is 0 Å². The summed E-state index contributed by atoms with van der Waals surface area (Å²) < 4.78 is 5.40. The van der Waals surface area contributed by atoms with Crippen molar-refractivity contribution >= 4 is 29.9 Å². The Labute approximate surface area is 165 Å². The van der Waals surface area contributed by atoms with Crippen molar-refractivity contribution in [1.29, 1.82) is 0 Å². The van der Waals surface area contributed by atoms with Crippen LogP contribution in [-0.4, -0.2) is 87.9 Å². The van der Waals surface area contributed by atoms with Crippen LogP contribution in [0.5, 0.6) is 0 Å². The van der Waals surface area contributed by atoms with Crippen LogP contribution in [0.2, 0.25) is 0 Å². The molecule has 0 aromatic carbocycles. The highest BCUT2D eigenvalue weighted by Crippen LogP contribution is 2.04. The van der Waals surface area contributed by atoms with Crippen LogP contribution in [0.4, 0.5) is 0 Å². The van der Waals surface area contributed by atoms with Crippen molar-refractivity contribution in [3.63, 3.8) is 0 Å². The van der Waals surface area contributed by atoms with Crippen molar-refractivity contribution in [2.75, 3.05) is 66.5 Å². The minimum Gasteiger partial charge on any atom is -0.377 e. The van der Waals surface area contributed by atoms with E-state index < -0.39 is 0 Å². The van der Waals surface area contributed by atoms with Gasteiger partial charge in [0.05, 0.1) is 5.60 Å². The SMILES string of the molecule is CCN1CCN(CCCCNC(=NC)NCC(C)(C)OC)CC1.I. The number of likely N-dealkylation sites (N-methyl/N-ethyl adjacent to an activating group) is 1. The highest BCUT2D eigenvalue weighted by molar-refractivity contribution is 14.0. The number of methoxy groups -OCH3 is 1. The van der Waals surface area contributed by atoms with E-state index in [9.17, 15) is 0 Å². The minimum absolute atomic E-state index is 0. The van der Waals surface area contributed by atoms with Crippen LogP contribution in [0.15, 0.2) is 4.99 Å². The molecule has 0 spiro atoms. The Morgan fingerprint density at radius 1 is 1.08 bits per heavy atom. The first kappa shape index (κ1) is 23.9. The third-order valence-corrected chi connectivity index (χ3v) is 4.56. The van der Waals surface area contributed by atoms with Crippen molar-refractivity contribution in [3.8, 4) is 0 Å². The van der Waals surface area contributed by atoms with Gasteiger partial charge in [0, 0.05) is 53.4 Å². The van der Waals surface area contributed by atoms with Crippen LogP contribution in [0.25, 0.3) is 0 Å². The van der Waals surface area contributed by atoms with E-state index in [4.69, 9.17) is 4.74 Å². The molecular weight excluding hydrogens is 417 g/mol. The number of unbranched alkanes of at least 4 members (excludes halogenated alkanes) is 1. The van der Waals surface area contributed by atoms with Crippen molar-refractivity contribution in [3.05, 3.63) is 0 Å². The largest absolute Gasteiger partial charge is 0.377 e. The fourth-order valence-electron chi connectivity index (χ4n) is 2.59. The Kier molecular flexibility index (Phi) is 13.1. The molecule has 0 bridgehead atoms. The lowest BCUT2D eigenvalue weighted by atomic mass is 10.1. The maximum Gasteiger partial charge on any atom is 0.191 e. The number of ether oxygens (including phenoxy) is 1. The van der Waals surface area contributed by atoms with Gasteiger partial charge in [-0.15, -0.1) is 24.0 Å². The number of nitrogens with zero attached hydrogens (tertiary/aromatic N) is 3. The van der Waals surface area contributed by atoms with Crippen molar-refractivity contribution < 1.29 is 4.74 Å². The maximum absolute atomic E-state index is 5.40. The second-order valence-electron chi connectivity index (χ2n) is 6.80. The van der Waals surface area contributed by atoms with Crippen LogP contribution in [-0.2, 0) is 4.74 Å². The van der Waals surface area contributed by atoms with Gasteiger partial charge in [-0.3, -0.25) is 4.99 Å². The summed E-state index contributed by atoms with van der Waals surface area (Å²) in [7, 11) is 3.54. The van der Waals surface area contributed by atoms with Gasteiger partial charge in [-0.05, 0) is 39.8 Å². The zero-order valence-corrected chi connectivity index (χ0v) is 18.6. The molecule has 0 radical (unpaired) electrons. The van der Waals surface area contributed by atoms with Crippen LogP contribution < -0.4 is 10.6 Å². The maximum atomic E-state index is 5.40. The summed E-state index contributed by atoms with van der Waals surface area (Å²) in [5, 5.41) is 6.69. The number of guanidine groups is 1. The molecule has 1 heterocycles. The number of halogens is 1. The quantitative estimate of drug-likeness (QED) is 0.240. The zero-order valence-electron chi connectivity index (χ0n) is 16.2. The molecule has 7 heteroatoms. The van der Waals surface area contributed by atoms with E-state index in [-0.39, 0.29) is 29.6 Å². The van der Waals surface area contributed by atoms with Crippen molar-refractivity contribution in [2.24, 2.45) is 4.99 Å². The fraction of sp³-hybridized carbons (Fsp3) is 0.941. The van der Waals surface area contributed by atoms with Gasteiger partial charge in [-0.1, -0.05) is 6.92 Å². The van der Waals surface area contributed by atoms with E-state index in [1.165, 1.54) is 52.1 Å². The van der Waals surface area contributed by atoms with E-state index in [0.717, 1.165) is 19.0 Å². The Hall–Kier alpha value is -0.120. The lowest BCUT2D eigenvalue weighted by Gasteiger charge is -2.34. The average molecular weight is 455 g/mol. The molecule has 0 aromatic heterocycles. The van der Waals surface area contributed by atoms with Crippen molar-refractivity contribution in [2.45, 2.75) is 39.2 Å². The molecule has 0 atom stereocenters. The molecule has 0 aliphatic carbocycles. The molecular formula is C17H38IN5O. The standard InChI is InChI=1S/C17H37N5O.HI/c1-6-21-11-13-22(14-12-21)10-8-7-9-19-16(18-4)20-15-17(2,3)23-5;/h6-15H2,1-5H3,(H2,18,19,20);1H. The molecule has 144 valence electrons. The summed E-state index contributed by atoms with van der Waals surface area (Å²) in [5.41, 5.74) is -0.182. The summed E-state index contributed by atoms with van der Waals surface area (Å²) >= 11 is 0. The third-order valence-electron chi connectivity index (χ3n) is 4.56. The average Bonchev–Trinajstić information content (AvgIpc) is 2.57. The molecule has 1 rings (SSSR count). The monoisotopic (exact) mass is 455 g/mol. The zero-order chi connectivity index (χ0) is 17.1. The van der Waals surface area contributed by atoms with E-state index >= 15 is 0 Å². The topological polar surface area (TPSA) is 52.1 Å². The predicted molar refractivity (Wildman–Crippen MR) is 114 cm³/mol. The van der Waals surface area contributed by atoms with E-state index in [2.05, 4.69) is 46.2 Å². The number of aliphatic imine (C=N–C) groups is 1. The molecule has 1 saturated heterocycles. The number of hydrogen-bond donors (Lipinski definition) is 2. The first-order valence-electron chi connectivity index (χ1n) is 8.95. The lowest BCUT2D eigenvalue weighted by molar-refractivity contribution is 0.0268. The van der Waals surface area contributed by atoms with E-state index in [1.807, 2.05) is 7.05 Å². The number of nitrogens with one attached hydrogen (secondary N) is 2. The lowest BCUT2D eigenvalue weighted by Crippen LogP contribution is -2.46. The van der Waals surface area contributed by atoms with Gasteiger partial charge >= 0.3 is 0 Å². The van der Waals surface area contributed by atoms with Gasteiger partial charge < -0.3 is 25.2 Å². The van der Waals surface area contributed by atoms with Crippen LogP contribution in [0, 0.1) is 0 Å². The molecule has 24 heavy (non-hydrogen) atoms. The van der Waals surface area contributed by atoms with Gasteiger partial charge in [-0.2, -0.15) is 0 Å². The van der Waals surface area contributed by atoms with Crippen LogP contribution in [0.3, 0.4) is 0 Å². The van der Waals surface area contributed by atoms with E-state index in [0.29, 0.717) is 0 Å². The normalized spacial score (nSPS) is 17.5. The first-order valence-corrected chi connectivity index (χ1v) is 8.95. The predicted octanol–water partition coefficient (Wildman–Crippen LogP) is 1.61. The molecule has 0 amide bonds. The Bertz CT molecular complexity index is 344. The van der Waals surface area contributed by atoms with E-state index in [1.54, 1.807) is 7.11 Å². The second kappa shape index (κ2) is 13.1. The van der Waals surface area contributed by atoms with Gasteiger partial charge in [0.1, 0.15) is 0 Å². The van der Waals surface area contributed by atoms with Crippen LogP contribution >= 0.6 is 24.0 Å². The fourth-order valence-corrected chi connectivity index (χ4v) is 2.59. The molecule has 1 aliphatic rings. The summed E-state index contributed by atoms with van der Waals surface area (Å²) in [5.74, 6) is 0.853. The molecule has 0 saturated carbocycles. The Morgan fingerprint density at radius 2 is 1.71 bits per heavy atom. The van der Waals surface area contributed by atoms with Crippen LogP contribution in [0.1, 0.15) is 33.6 Å². The molecule has 0 unspecified atom stereocenters. The number of piperazine rings is 1. The third kappa shape index (κ3) is 10.0. The highest BCUT2D eigenvalue weighted by Gasteiger charge is 2.16. The summed E-state index contributed by atoms with van der Waals surface area (Å²) in [6.45, 7) is 15.3. The van der Waals surface area contributed by atoms with Crippen molar-refractivity contribution in [1.82, 2.24) is 20.4 Å². The molecule has 1 fully saturated rings. The minimum atomic E-state index is -0.182. The molecule has 6 nitrogen and oxygen atoms in total. The number of hydrogen-bond acceptors (Lipinski definition) is 4. The molecule has 2 N–H and O–H groups in total. The second-order valence-corrected chi connectivity index (χ2v) is 6.80. The smallest absolute Gasteiger partial charge is 0.191 e. The van der Waals surface area contributed by atoms with Gasteiger partial charge in [-0.25, -0.2) is 0 Å².